The van der Waals surface area contributed by atoms with Gasteiger partial charge in [0.25, 0.3) is 0 Å². The average molecular weight is 274 g/mol. The number of nitrogens with one attached hydrogen (secondary N) is 1. The van der Waals surface area contributed by atoms with Crippen LogP contribution in [0.3, 0.4) is 0 Å². The van der Waals surface area contributed by atoms with E-state index < -0.39 is 0 Å². The Kier molecular flexibility index (Phi) is 3.27. The number of rotatable bonds is 1. The molecule has 0 spiro atoms. The van der Waals surface area contributed by atoms with Gasteiger partial charge in [-0.2, -0.15) is 5.26 Å². The van der Waals surface area contributed by atoms with Crippen LogP contribution in [0.25, 0.3) is 11.3 Å². The van der Waals surface area contributed by atoms with Gasteiger partial charge in [0.2, 0.25) is 0 Å². The topological polar surface area (TPSA) is 35.8 Å². The number of nitrogens with zero attached hydrogens (tertiary/aromatic N) is 1. The Morgan fingerprint density at radius 2 is 1.71 bits per heavy atom. The molecule has 0 amide bonds. The molecule has 1 aliphatic rings. The predicted molar refractivity (Wildman–Crippen MR) is 86.2 cm³/mol. The van der Waals surface area contributed by atoms with E-state index in [1.165, 1.54) is 5.56 Å². The van der Waals surface area contributed by atoms with Crippen LogP contribution in [0.15, 0.2) is 54.6 Å². The number of nitriles is 1. The molecule has 1 heterocycles. The lowest BCUT2D eigenvalue weighted by Crippen LogP contribution is -2.44. The number of hydrogen-bond donors (Lipinski definition) is 1. The third kappa shape index (κ3) is 2.55. The van der Waals surface area contributed by atoms with Crippen LogP contribution in [0, 0.1) is 11.3 Å². The molecule has 2 heteroatoms. The molecule has 0 fully saturated rings. The van der Waals surface area contributed by atoms with Gasteiger partial charge >= 0.3 is 0 Å². The van der Waals surface area contributed by atoms with Crippen molar-refractivity contribution in [1.29, 1.82) is 5.26 Å². The Morgan fingerprint density at radius 3 is 2.43 bits per heavy atom. The molecule has 2 aromatic carbocycles. The monoisotopic (exact) mass is 274 g/mol. The van der Waals surface area contributed by atoms with Gasteiger partial charge in [-0.05, 0) is 31.4 Å². The molecule has 2 aromatic rings. The minimum atomic E-state index is -0.0550. The number of hydrogen-bond acceptors (Lipinski definition) is 2. The summed E-state index contributed by atoms with van der Waals surface area (Å²) in [6.45, 7) is 4.34. The molecule has 0 unspecified atom stereocenters. The highest BCUT2D eigenvalue weighted by atomic mass is 15.0. The zero-order valence-corrected chi connectivity index (χ0v) is 12.4. The fourth-order valence-electron chi connectivity index (χ4n) is 2.91. The van der Waals surface area contributed by atoms with E-state index in [1.54, 1.807) is 0 Å². The van der Waals surface area contributed by atoms with Gasteiger partial charge in [-0.15, -0.1) is 0 Å². The fraction of sp³-hybridized carbons (Fsp3) is 0.211. The maximum Gasteiger partial charge on any atom is 0.102 e. The van der Waals surface area contributed by atoms with E-state index in [9.17, 15) is 5.26 Å². The maximum atomic E-state index is 9.68. The van der Waals surface area contributed by atoms with E-state index >= 15 is 0 Å². The van der Waals surface area contributed by atoms with Crippen LogP contribution in [-0.4, -0.2) is 5.54 Å². The standard InChI is InChI=1S/C19H18N2/c1-19(2)12-15-10-6-7-11-16(15)18(21-19)17(13-20)14-8-4-3-5-9-14/h3-11,21H,12H2,1-2H3/b18-17-. The molecule has 0 aliphatic carbocycles. The summed E-state index contributed by atoms with van der Waals surface area (Å²) < 4.78 is 0. The Labute approximate surface area is 125 Å². The third-order valence-electron chi connectivity index (χ3n) is 3.81. The molecule has 1 N–H and O–H groups in total. The summed E-state index contributed by atoms with van der Waals surface area (Å²) in [4.78, 5) is 0. The van der Waals surface area contributed by atoms with Crippen LogP contribution >= 0.6 is 0 Å². The maximum absolute atomic E-state index is 9.68. The smallest absolute Gasteiger partial charge is 0.102 e. The SMILES string of the molecule is CC1(C)Cc2ccccc2/C(=C(\C#N)c2ccccc2)N1. The van der Waals surface area contributed by atoms with Crippen molar-refractivity contribution in [2.45, 2.75) is 25.8 Å². The minimum absolute atomic E-state index is 0.0550. The Morgan fingerprint density at radius 1 is 1.05 bits per heavy atom. The second-order valence-corrected chi connectivity index (χ2v) is 6.07. The molecule has 21 heavy (non-hydrogen) atoms. The van der Waals surface area contributed by atoms with Gasteiger partial charge in [0.1, 0.15) is 6.07 Å². The lowest BCUT2D eigenvalue weighted by Gasteiger charge is -2.36. The van der Waals surface area contributed by atoms with Crippen molar-refractivity contribution in [2.24, 2.45) is 0 Å². The summed E-state index contributed by atoms with van der Waals surface area (Å²) in [7, 11) is 0. The number of benzene rings is 2. The van der Waals surface area contributed by atoms with Crippen LogP contribution in [0.4, 0.5) is 0 Å². The second kappa shape index (κ2) is 5.10. The first kappa shape index (κ1) is 13.5. The molecule has 104 valence electrons. The molecule has 2 nitrogen and oxygen atoms in total. The van der Waals surface area contributed by atoms with Crippen molar-refractivity contribution >= 4 is 11.3 Å². The molecular weight excluding hydrogens is 256 g/mol. The van der Waals surface area contributed by atoms with Gasteiger partial charge in [-0.1, -0.05) is 54.6 Å². The van der Waals surface area contributed by atoms with E-state index in [2.05, 4.69) is 43.4 Å². The number of allylic oxidation sites excluding steroid dienone is 1. The van der Waals surface area contributed by atoms with Gasteiger partial charge in [0.05, 0.1) is 11.3 Å². The molecule has 1 aliphatic heterocycles. The first-order chi connectivity index (χ1) is 10.1. The highest BCUT2D eigenvalue weighted by molar-refractivity contribution is 5.97. The van der Waals surface area contributed by atoms with Crippen molar-refractivity contribution in [1.82, 2.24) is 5.32 Å². The summed E-state index contributed by atoms with van der Waals surface area (Å²) >= 11 is 0. The van der Waals surface area contributed by atoms with Gasteiger partial charge in [0.15, 0.2) is 0 Å². The van der Waals surface area contributed by atoms with E-state index in [0.29, 0.717) is 5.57 Å². The molecule has 0 atom stereocenters. The van der Waals surface area contributed by atoms with Crippen LogP contribution in [0.5, 0.6) is 0 Å². The van der Waals surface area contributed by atoms with Crippen molar-refractivity contribution in [3.63, 3.8) is 0 Å². The summed E-state index contributed by atoms with van der Waals surface area (Å²) in [5, 5.41) is 13.2. The van der Waals surface area contributed by atoms with Crippen LogP contribution in [-0.2, 0) is 6.42 Å². The highest BCUT2D eigenvalue weighted by Gasteiger charge is 2.29. The van der Waals surface area contributed by atoms with E-state index in [0.717, 1.165) is 23.2 Å². The zero-order chi connectivity index (χ0) is 14.9. The Balaban J connectivity index is 2.25. The van der Waals surface area contributed by atoms with Crippen LogP contribution < -0.4 is 5.32 Å². The number of fused-ring (bicyclic) bond motifs is 1. The molecule has 0 aromatic heterocycles. The summed E-state index contributed by atoms with van der Waals surface area (Å²) in [5.41, 5.74) is 4.97. The fourth-order valence-corrected chi connectivity index (χ4v) is 2.91. The van der Waals surface area contributed by atoms with Gasteiger partial charge in [-0.3, -0.25) is 0 Å². The Hall–Kier alpha value is -2.53. The molecule has 0 saturated carbocycles. The van der Waals surface area contributed by atoms with Crippen LogP contribution in [0.2, 0.25) is 0 Å². The largest absolute Gasteiger partial charge is 0.378 e. The van der Waals surface area contributed by atoms with E-state index in [1.807, 2.05) is 36.4 Å². The second-order valence-electron chi connectivity index (χ2n) is 6.07. The van der Waals surface area contributed by atoms with E-state index in [-0.39, 0.29) is 5.54 Å². The molecular formula is C19H18N2. The molecule has 3 rings (SSSR count). The lowest BCUT2D eigenvalue weighted by molar-refractivity contribution is 0.438. The lowest BCUT2D eigenvalue weighted by atomic mass is 9.84. The van der Waals surface area contributed by atoms with Crippen molar-refractivity contribution in [2.75, 3.05) is 0 Å². The molecule has 0 bridgehead atoms. The van der Waals surface area contributed by atoms with Crippen LogP contribution in [0.1, 0.15) is 30.5 Å². The summed E-state index contributed by atoms with van der Waals surface area (Å²) in [6.07, 6.45) is 0.959. The quantitative estimate of drug-likeness (QED) is 0.798. The first-order valence-corrected chi connectivity index (χ1v) is 7.17. The average Bonchev–Trinajstić information content (AvgIpc) is 2.48. The normalized spacial score (nSPS) is 18.1. The van der Waals surface area contributed by atoms with Crippen molar-refractivity contribution < 1.29 is 0 Å². The van der Waals surface area contributed by atoms with Gasteiger partial charge < -0.3 is 5.32 Å². The Bertz CT molecular complexity index is 734. The zero-order valence-electron chi connectivity index (χ0n) is 12.4. The predicted octanol–water partition coefficient (Wildman–Crippen LogP) is 4.00. The summed E-state index contributed by atoms with van der Waals surface area (Å²) in [5.74, 6) is 0. The minimum Gasteiger partial charge on any atom is -0.378 e. The van der Waals surface area contributed by atoms with Gasteiger partial charge in [0, 0.05) is 11.1 Å². The van der Waals surface area contributed by atoms with Crippen molar-refractivity contribution in [3.8, 4) is 6.07 Å². The van der Waals surface area contributed by atoms with E-state index in [4.69, 9.17) is 0 Å². The first-order valence-electron chi connectivity index (χ1n) is 7.17. The van der Waals surface area contributed by atoms with Crippen molar-refractivity contribution in [3.05, 3.63) is 71.3 Å². The molecule has 0 radical (unpaired) electrons. The molecule has 0 saturated heterocycles. The third-order valence-corrected chi connectivity index (χ3v) is 3.81. The van der Waals surface area contributed by atoms with Gasteiger partial charge in [-0.25, -0.2) is 0 Å². The summed E-state index contributed by atoms with van der Waals surface area (Å²) in [6, 6.07) is 20.6. The highest BCUT2D eigenvalue weighted by Crippen LogP contribution is 2.34.